The molecule has 2 saturated heterocycles. The van der Waals surface area contributed by atoms with E-state index in [0.29, 0.717) is 0 Å². The van der Waals surface area contributed by atoms with Crippen molar-refractivity contribution in [2.24, 2.45) is 10.9 Å². The monoisotopic (exact) mass is 426 g/mol. The highest BCUT2D eigenvalue weighted by Gasteiger charge is 2.16. The van der Waals surface area contributed by atoms with Crippen molar-refractivity contribution in [1.29, 1.82) is 0 Å². The zero-order valence-electron chi connectivity index (χ0n) is 13.4. The van der Waals surface area contributed by atoms with Crippen molar-refractivity contribution >= 4 is 41.7 Å². The van der Waals surface area contributed by atoms with Gasteiger partial charge in [0.15, 0.2) is 5.96 Å². The van der Waals surface area contributed by atoms with Gasteiger partial charge in [0.05, 0.1) is 0 Å². The second-order valence-electron chi connectivity index (χ2n) is 6.04. The van der Waals surface area contributed by atoms with E-state index in [1.807, 2.05) is 7.05 Å². The Kier molecular flexibility index (Phi) is 10.1. The molecule has 1 atom stereocenters. The Labute approximate surface area is 151 Å². The maximum atomic E-state index is 4.31. The number of guanidine groups is 1. The Morgan fingerprint density at radius 3 is 2.62 bits per heavy atom. The number of halogens is 1. The lowest BCUT2D eigenvalue weighted by Gasteiger charge is -2.30. The Morgan fingerprint density at radius 2 is 2.00 bits per heavy atom. The summed E-state index contributed by atoms with van der Waals surface area (Å²) in [5, 5.41) is 7.67. The van der Waals surface area contributed by atoms with Crippen LogP contribution in [0.3, 0.4) is 0 Å². The molecule has 0 aromatic rings. The molecule has 0 aliphatic carbocycles. The van der Waals surface area contributed by atoms with Crippen LogP contribution in [0.4, 0.5) is 0 Å². The molecule has 2 N–H and O–H groups in total. The standard InChI is InChI=1S/C15H30N4S.HI/c1-13-5-8-19(9-6-13)10-7-17-15(16-2)18-12-14-4-3-11-20-14;/h13-14H,3-12H2,1-2H3,(H2,16,17,18);1H. The van der Waals surface area contributed by atoms with E-state index < -0.39 is 0 Å². The van der Waals surface area contributed by atoms with Crippen LogP contribution in [0.5, 0.6) is 0 Å². The molecule has 124 valence electrons. The molecule has 6 heteroatoms. The normalized spacial score (nSPS) is 24.7. The van der Waals surface area contributed by atoms with E-state index in [-0.39, 0.29) is 24.0 Å². The highest BCUT2D eigenvalue weighted by atomic mass is 127. The number of hydrogen-bond donors (Lipinski definition) is 2. The molecular formula is C15H31IN4S. The fraction of sp³-hybridized carbons (Fsp3) is 0.933. The third-order valence-electron chi connectivity index (χ3n) is 4.34. The van der Waals surface area contributed by atoms with Gasteiger partial charge in [0.2, 0.25) is 0 Å². The van der Waals surface area contributed by atoms with Crippen LogP contribution in [-0.4, -0.2) is 61.6 Å². The third kappa shape index (κ3) is 7.41. The molecule has 2 aliphatic rings. The van der Waals surface area contributed by atoms with Crippen LogP contribution in [0.25, 0.3) is 0 Å². The number of likely N-dealkylation sites (tertiary alicyclic amines) is 1. The fourth-order valence-corrected chi connectivity index (χ4v) is 4.06. The number of rotatable bonds is 5. The predicted molar refractivity (Wildman–Crippen MR) is 105 cm³/mol. The fourth-order valence-electron chi connectivity index (χ4n) is 2.85. The summed E-state index contributed by atoms with van der Waals surface area (Å²) in [7, 11) is 1.86. The topological polar surface area (TPSA) is 39.7 Å². The molecule has 21 heavy (non-hydrogen) atoms. The summed E-state index contributed by atoms with van der Waals surface area (Å²) in [6.07, 6.45) is 5.43. The molecule has 2 aliphatic heterocycles. The quantitative estimate of drug-likeness (QED) is 0.403. The molecule has 0 aromatic carbocycles. The van der Waals surface area contributed by atoms with E-state index >= 15 is 0 Å². The molecule has 2 fully saturated rings. The number of aliphatic imine (C=N–C) groups is 1. The Hall–Kier alpha value is 0.310. The van der Waals surface area contributed by atoms with Gasteiger partial charge in [-0.25, -0.2) is 0 Å². The van der Waals surface area contributed by atoms with Crippen LogP contribution in [0.1, 0.15) is 32.6 Å². The summed E-state index contributed by atoms with van der Waals surface area (Å²) >= 11 is 2.09. The first kappa shape index (κ1) is 19.4. The summed E-state index contributed by atoms with van der Waals surface area (Å²) in [5.74, 6) is 3.20. The zero-order valence-corrected chi connectivity index (χ0v) is 16.6. The number of hydrogen-bond acceptors (Lipinski definition) is 3. The summed E-state index contributed by atoms with van der Waals surface area (Å²) in [5.41, 5.74) is 0. The smallest absolute Gasteiger partial charge is 0.191 e. The lowest BCUT2D eigenvalue weighted by atomic mass is 9.99. The largest absolute Gasteiger partial charge is 0.355 e. The lowest BCUT2D eigenvalue weighted by molar-refractivity contribution is 0.195. The van der Waals surface area contributed by atoms with E-state index in [1.54, 1.807) is 0 Å². The van der Waals surface area contributed by atoms with Gasteiger partial charge in [0, 0.05) is 31.9 Å². The van der Waals surface area contributed by atoms with Gasteiger partial charge in [-0.05, 0) is 50.4 Å². The average molecular weight is 426 g/mol. The molecule has 0 aromatic heterocycles. The maximum absolute atomic E-state index is 4.31. The van der Waals surface area contributed by atoms with Gasteiger partial charge in [-0.2, -0.15) is 11.8 Å². The van der Waals surface area contributed by atoms with Gasteiger partial charge in [-0.15, -0.1) is 24.0 Å². The van der Waals surface area contributed by atoms with Crippen LogP contribution in [0.15, 0.2) is 4.99 Å². The van der Waals surface area contributed by atoms with Gasteiger partial charge >= 0.3 is 0 Å². The Balaban J connectivity index is 0.00000220. The molecule has 0 radical (unpaired) electrons. The van der Waals surface area contributed by atoms with Crippen LogP contribution in [0.2, 0.25) is 0 Å². The van der Waals surface area contributed by atoms with Gasteiger partial charge in [0.25, 0.3) is 0 Å². The average Bonchev–Trinajstić information content (AvgIpc) is 2.98. The molecule has 0 saturated carbocycles. The van der Waals surface area contributed by atoms with Crippen molar-refractivity contribution in [2.45, 2.75) is 37.9 Å². The number of piperidine rings is 1. The van der Waals surface area contributed by atoms with Crippen LogP contribution >= 0.6 is 35.7 Å². The minimum atomic E-state index is 0. The molecule has 4 nitrogen and oxygen atoms in total. The van der Waals surface area contributed by atoms with E-state index in [1.165, 1.54) is 44.5 Å². The summed E-state index contributed by atoms with van der Waals surface area (Å²) in [6.45, 7) is 8.05. The van der Waals surface area contributed by atoms with Crippen molar-refractivity contribution < 1.29 is 0 Å². The van der Waals surface area contributed by atoms with Crippen molar-refractivity contribution in [3.05, 3.63) is 0 Å². The summed E-state index contributed by atoms with van der Waals surface area (Å²) in [6, 6.07) is 0. The molecule has 2 rings (SSSR count). The molecule has 2 heterocycles. The van der Waals surface area contributed by atoms with E-state index in [2.05, 4.69) is 39.2 Å². The SMILES string of the molecule is CN=C(NCCN1CCC(C)CC1)NCC1CCCS1.I. The van der Waals surface area contributed by atoms with E-state index in [4.69, 9.17) is 0 Å². The minimum Gasteiger partial charge on any atom is -0.355 e. The molecule has 0 amide bonds. The Bertz CT molecular complexity index is 300. The highest BCUT2D eigenvalue weighted by Crippen LogP contribution is 2.25. The summed E-state index contributed by atoms with van der Waals surface area (Å²) < 4.78 is 0. The number of thioether (sulfide) groups is 1. The first-order chi connectivity index (χ1) is 9.78. The van der Waals surface area contributed by atoms with Crippen LogP contribution in [0, 0.1) is 5.92 Å². The first-order valence-corrected chi connectivity index (χ1v) is 9.11. The van der Waals surface area contributed by atoms with E-state index in [9.17, 15) is 0 Å². The zero-order chi connectivity index (χ0) is 14.2. The van der Waals surface area contributed by atoms with Crippen molar-refractivity contribution in [2.75, 3.05) is 45.5 Å². The summed E-state index contributed by atoms with van der Waals surface area (Å²) in [4.78, 5) is 6.87. The van der Waals surface area contributed by atoms with Gasteiger partial charge in [-0.1, -0.05) is 6.92 Å². The molecule has 0 bridgehead atoms. The molecule has 1 unspecified atom stereocenters. The van der Waals surface area contributed by atoms with Gasteiger partial charge in [0.1, 0.15) is 0 Å². The van der Waals surface area contributed by atoms with Crippen molar-refractivity contribution in [1.82, 2.24) is 15.5 Å². The minimum absolute atomic E-state index is 0. The number of nitrogens with zero attached hydrogens (tertiary/aromatic N) is 2. The van der Waals surface area contributed by atoms with Crippen molar-refractivity contribution in [3.63, 3.8) is 0 Å². The molecular weight excluding hydrogens is 395 g/mol. The van der Waals surface area contributed by atoms with Crippen LogP contribution in [-0.2, 0) is 0 Å². The predicted octanol–water partition coefficient (Wildman–Crippen LogP) is 2.40. The third-order valence-corrected chi connectivity index (χ3v) is 5.74. The maximum Gasteiger partial charge on any atom is 0.191 e. The van der Waals surface area contributed by atoms with Crippen LogP contribution < -0.4 is 10.6 Å². The lowest BCUT2D eigenvalue weighted by Crippen LogP contribution is -2.44. The first-order valence-electron chi connectivity index (χ1n) is 8.06. The second-order valence-corrected chi connectivity index (χ2v) is 7.45. The number of nitrogens with one attached hydrogen (secondary N) is 2. The highest BCUT2D eigenvalue weighted by molar-refractivity contribution is 14.0. The van der Waals surface area contributed by atoms with E-state index in [0.717, 1.165) is 36.8 Å². The molecule has 0 spiro atoms. The second kappa shape index (κ2) is 10.9. The van der Waals surface area contributed by atoms with Crippen molar-refractivity contribution in [3.8, 4) is 0 Å². The Morgan fingerprint density at radius 1 is 1.24 bits per heavy atom. The van der Waals surface area contributed by atoms with Gasteiger partial charge < -0.3 is 15.5 Å². The van der Waals surface area contributed by atoms with Gasteiger partial charge in [-0.3, -0.25) is 4.99 Å².